The minimum atomic E-state index is -4.49. The van der Waals surface area contributed by atoms with Gasteiger partial charge in [-0.1, -0.05) is 0 Å². The fourth-order valence-corrected chi connectivity index (χ4v) is 7.89. The number of aliphatic carboxylic acids is 1. The lowest BCUT2D eigenvalue weighted by Crippen LogP contribution is -2.71. The minimum absolute atomic E-state index is 0.0787. The number of thioether (sulfide) groups is 2. The molecule has 2 aromatic carbocycles. The number of likely N-dealkylation sites (tertiary alicyclic amines) is 1. The zero-order valence-electron chi connectivity index (χ0n) is 27.4. The van der Waals surface area contributed by atoms with Gasteiger partial charge in [0.25, 0.3) is 11.8 Å². The lowest BCUT2D eigenvalue weighted by molar-refractivity contribution is -0.684. The van der Waals surface area contributed by atoms with Crippen LogP contribution in [0, 0.1) is 5.82 Å². The van der Waals surface area contributed by atoms with Crippen LogP contribution in [0.5, 0.6) is 5.75 Å². The maximum absolute atomic E-state index is 13.6. The number of alkyl halides is 3. The maximum atomic E-state index is 13.6. The number of carboxylic acids is 1. The Balaban J connectivity index is 1.03. The number of fused-ring (bicyclic) bond motifs is 1. The smallest absolute Gasteiger partial charge is 0.416 e. The van der Waals surface area contributed by atoms with Gasteiger partial charge in [0.15, 0.2) is 24.0 Å². The van der Waals surface area contributed by atoms with Crippen molar-refractivity contribution in [2.24, 2.45) is 0 Å². The van der Waals surface area contributed by atoms with E-state index < -0.39 is 58.4 Å². The Labute approximate surface area is 307 Å². The molecule has 53 heavy (non-hydrogen) atoms. The van der Waals surface area contributed by atoms with Crippen molar-refractivity contribution in [3.8, 4) is 5.75 Å². The number of anilines is 1. The maximum Gasteiger partial charge on any atom is 0.416 e. The molecule has 0 unspecified atom stereocenters. The Morgan fingerprint density at radius 2 is 1.77 bits per heavy atom. The number of nitrogens with one attached hydrogen (secondary N) is 2. The molecule has 2 fully saturated rings. The van der Waals surface area contributed by atoms with E-state index in [1.54, 1.807) is 34.0 Å². The molecule has 3 N–H and O–H groups in total. The van der Waals surface area contributed by atoms with Gasteiger partial charge in [0.2, 0.25) is 18.4 Å². The van der Waals surface area contributed by atoms with Gasteiger partial charge in [0, 0.05) is 53.2 Å². The van der Waals surface area contributed by atoms with E-state index in [0.29, 0.717) is 23.4 Å². The summed E-state index contributed by atoms with van der Waals surface area (Å²) in [4.78, 5) is 66.6. The summed E-state index contributed by atoms with van der Waals surface area (Å²) < 4.78 is 53.6. The van der Waals surface area contributed by atoms with Crippen LogP contribution in [0.3, 0.4) is 0 Å². The zero-order chi connectivity index (χ0) is 38.0. The third-order valence-electron chi connectivity index (χ3n) is 8.51. The number of hydrogen-bond acceptors (Lipinski definition) is 9. The number of allylic oxidation sites excluding steroid dienone is 1. The van der Waals surface area contributed by atoms with Crippen LogP contribution in [-0.2, 0) is 43.2 Å². The van der Waals surface area contributed by atoms with E-state index in [2.05, 4.69) is 10.6 Å². The van der Waals surface area contributed by atoms with E-state index in [0.717, 1.165) is 46.5 Å². The van der Waals surface area contributed by atoms with Gasteiger partial charge in [-0.25, -0.2) is 4.39 Å². The Morgan fingerprint density at radius 3 is 2.43 bits per heavy atom. The number of hydrogen-bond donors (Lipinski definition) is 3. The van der Waals surface area contributed by atoms with Gasteiger partial charge in [-0.3, -0.25) is 24.1 Å². The van der Waals surface area contributed by atoms with Crippen molar-refractivity contribution in [2.45, 2.75) is 42.0 Å². The first-order valence-electron chi connectivity index (χ1n) is 15.9. The fourth-order valence-electron chi connectivity index (χ4n) is 5.88. The van der Waals surface area contributed by atoms with Gasteiger partial charge in [-0.2, -0.15) is 17.7 Å². The third kappa shape index (κ3) is 8.49. The summed E-state index contributed by atoms with van der Waals surface area (Å²) >= 11 is 2.19. The third-order valence-corrected chi connectivity index (χ3v) is 10.8. The number of aromatic nitrogens is 1. The summed E-state index contributed by atoms with van der Waals surface area (Å²) in [5, 5.41) is 25.9. The molecular formula is C35H29F4N5O7S2. The zero-order valence-corrected chi connectivity index (χ0v) is 29.0. The number of phenolic OH excluding ortho intramolecular Hbond substituents is 1. The summed E-state index contributed by atoms with van der Waals surface area (Å²) in [6, 6.07) is 10.2. The Bertz CT molecular complexity index is 2040. The molecule has 2 atom stereocenters. The molecule has 0 aliphatic carbocycles. The summed E-state index contributed by atoms with van der Waals surface area (Å²) in [5.41, 5.74) is 0.325. The highest BCUT2D eigenvalue weighted by Gasteiger charge is 2.52. The minimum Gasteiger partial charge on any atom is -0.543 e. The molecule has 3 aromatic rings. The van der Waals surface area contributed by atoms with E-state index in [9.17, 15) is 51.7 Å². The molecule has 0 bridgehead atoms. The first-order chi connectivity index (χ1) is 25.2. The van der Waals surface area contributed by atoms with Crippen LogP contribution < -0.4 is 20.3 Å². The molecule has 1 aromatic heterocycles. The van der Waals surface area contributed by atoms with E-state index >= 15 is 0 Å². The van der Waals surface area contributed by atoms with Gasteiger partial charge < -0.3 is 30.5 Å². The second-order valence-electron chi connectivity index (χ2n) is 12.2. The van der Waals surface area contributed by atoms with Crippen molar-refractivity contribution >= 4 is 58.8 Å². The molecule has 18 heteroatoms. The molecule has 4 heterocycles. The largest absolute Gasteiger partial charge is 0.543 e. The second-order valence-corrected chi connectivity index (χ2v) is 14.3. The highest BCUT2D eigenvalue weighted by molar-refractivity contribution is 8.00. The first kappa shape index (κ1) is 37.4. The van der Waals surface area contributed by atoms with Crippen molar-refractivity contribution in [1.82, 2.24) is 15.1 Å². The van der Waals surface area contributed by atoms with Crippen molar-refractivity contribution in [3.05, 3.63) is 107 Å². The van der Waals surface area contributed by atoms with Gasteiger partial charge in [-0.15, -0.1) is 23.5 Å². The predicted molar refractivity (Wildman–Crippen MR) is 181 cm³/mol. The van der Waals surface area contributed by atoms with Crippen LogP contribution in [0.1, 0.15) is 17.5 Å². The van der Waals surface area contributed by atoms with Gasteiger partial charge in [0.1, 0.15) is 11.4 Å². The summed E-state index contributed by atoms with van der Waals surface area (Å²) in [7, 11) is 0. The normalized spacial score (nSPS) is 19.3. The number of phenols is 1. The summed E-state index contributed by atoms with van der Waals surface area (Å²) in [5.74, 6) is -5.03. The average molecular weight is 772 g/mol. The SMILES string of the molecule is O=C(C[n+]1ccc(CN2CC/C(=C\C3=C(C(=O)[O-])N4C(=O)[C@@H](NC(=O)CSc5ccc(C(F)(F)F)cc5)[C@H]4SC3)C2=O)cc1)Nc1ccc(O)c(F)c1. The number of benzene rings is 2. The topological polar surface area (TPSA) is 163 Å². The van der Waals surface area contributed by atoms with Crippen molar-refractivity contribution in [3.63, 3.8) is 0 Å². The molecule has 3 aliphatic heterocycles. The Kier molecular flexibility index (Phi) is 10.8. The molecule has 12 nitrogen and oxygen atoms in total. The summed E-state index contributed by atoms with van der Waals surface area (Å²) in [6.45, 7) is 0.517. The van der Waals surface area contributed by atoms with Crippen LogP contribution >= 0.6 is 23.5 Å². The van der Waals surface area contributed by atoms with Crippen LogP contribution in [0.25, 0.3) is 0 Å². The highest BCUT2D eigenvalue weighted by atomic mass is 32.2. The molecule has 2 saturated heterocycles. The quantitative estimate of drug-likeness (QED) is 0.0664. The first-order valence-corrected chi connectivity index (χ1v) is 18.0. The fraction of sp³-hybridized carbons (Fsp3) is 0.257. The molecular weight excluding hydrogens is 743 g/mol. The van der Waals surface area contributed by atoms with Crippen LogP contribution in [0.2, 0.25) is 0 Å². The van der Waals surface area contributed by atoms with Gasteiger partial charge >= 0.3 is 6.18 Å². The van der Waals surface area contributed by atoms with E-state index in [1.165, 1.54) is 36.0 Å². The number of halogens is 4. The van der Waals surface area contributed by atoms with Gasteiger partial charge in [0.05, 0.1) is 23.0 Å². The molecule has 4 amide bonds. The van der Waals surface area contributed by atoms with E-state index in [4.69, 9.17) is 0 Å². The van der Waals surface area contributed by atoms with E-state index in [1.807, 2.05) is 0 Å². The van der Waals surface area contributed by atoms with Crippen LogP contribution in [-0.4, -0.2) is 74.0 Å². The highest BCUT2D eigenvalue weighted by Crippen LogP contribution is 2.41. The number of rotatable bonds is 11. The lowest BCUT2D eigenvalue weighted by atomic mass is 10.0. The number of β-lactam (4-membered cyclic amide) rings is 1. The number of carboxylic acid groups (broad SMARTS) is 1. The Morgan fingerprint density at radius 1 is 1.06 bits per heavy atom. The second kappa shape index (κ2) is 15.3. The molecule has 0 spiro atoms. The summed E-state index contributed by atoms with van der Waals surface area (Å²) in [6.07, 6.45) is 0.597. The molecule has 276 valence electrons. The standard InChI is InChI=1S/C35H29F4N5O7S2/c36-25-14-23(3-6-26(25)45)40-27(46)16-42-10-7-19(8-11-42)15-43-12-9-20(31(43)48)13-21-17-53-33-29(32(49)44(33)30(21)34(50)51)41-28(47)18-52-24-4-1-22(2-5-24)35(37,38)39/h1-8,10-11,13-14,29,33H,9,12,15-18H2,(H3-,40,41,45,46,47,50,51)/b20-13+/t29-,33-/m1/s1. The van der Waals surface area contributed by atoms with Crippen molar-refractivity contribution < 1.29 is 56.3 Å². The number of amides is 4. The van der Waals surface area contributed by atoms with Gasteiger partial charge in [-0.05, 0) is 60.0 Å². The molecule has 0 saturated carbocycles. The number of carbonyl (C=O) groups is 5. The number of carbonyl (C=O) groups excluding carboxylic acids is 5. The van der Waals surface area contributed by atoms with Crippen molar-refractivity contribution in [2.75, 3.05) is 23.4 Å². The molecule has 3 aliphatic rings. The predicted octanol–water partition coefficient (Wildman–Crippen LogP) is 2.33. The molecule has 0 radical (unpaired) electrons. The number of pyridine rings is 1. The lowest BCUT2D eigenvalue weighted by Gasteiger charge is -2.50. The number of aromatic hydroxyl groups is 1. The number of nitrogens with zero attached hydrogens (tertiary/aromatic N) is 3. The van der Waals surface area contributed by atoms with Crippen molar-refractivity contribution in [1.29, 1.82) is 0 Å². The Hall–Kier alpha value is -5.36. The monoisotopic (exact) mass is 771 g/mol. The average Bonchev–Trinajstić information content (AvgIpc) is 3.45. The van der Waals surface area contributed by atoms with E-state index in [-0.39, 0.29) is 47.5 Å². The molecule has 6 rings (SSSR count). The van der Waals surface area contributed by atoms with Crippen LogP contribution in [0.4, 0.5) is 23.2 Å². The van der Waals surface area contributed by atoms with Crippen LogP contribution in [0.15, 0.2) is 94.8 Å².